The summed E-state index contributed by atoms with van der Waals surface area (Å²) in [4.78, 5) is 13.7. The molecule has 4 nitrogen and oxygen atoms in total. The summed E-state index contributed by atoms with van der Waals surface area (Å²) in [5.74, 6) is 0.471. The first-order chi connectivity index (χ1) is 8.63. The summed E-state index contributed by atoms with van der Waals surface area (Å²) < 4.78 is 9.94. The van der Waals surface area contributed by atoms with Crippen molar-refractivity contribution in [2.45, 2.75) is 6.04 Å². The highest BCUT2D eigenvalue weighted by molar-refractivity contribution is 5.77. The molecule has 98 valence electrons. The first-order valence-electron chi connectivity index (χ1n) is 5.67. The molecular weight excluding hydrogens is 230 g/mol. The first kappa shape index (κ1) is 14.3. The van der Waals surface area contributed by atoms with E-state index in [1.807, 2.05) is 36.2 Å². The molecule has 0 bridgehead atoms. The van der Waals surface area contributed by atoms with Crippen molar-refractivity contribution in [1.82, 2.24) is 4.90 Å². The standard InChI is InChI=1S/C14H19NO3/c1-5-10-15(2)13(14(16)18-4)11-6-8-12(17-3)9-7-11/h5-9,13H,1,10H2,2-4H3/t13-/m1/s1. The number of benzene rings is 1. The Kier molecular flexibility index (Phi) is 5.39. The van der Waals surface area contributed by atoms with Gasteiger partial charge in [0, 0.05) is 6.54 Å². The van der Waals surface area contributed by atoms with Crippen molar-refractivity contribution < 1.29 is 14.3 Å². The summed E-state index contributed by atoms with van der Waals surface area (Å²) in [6.45, 7) is 4.28. The molecule has 0 spiro atoms. The molecule has 1 aromatic rings. The Morgan fingerprint density at radius 3 is 2.44 bits per heavy atom. The molecule has 18 heavy (non-hydrogen) atoms. The Balaban J connectivity index is 3.00. The van der Waals surface area contributed by atoms with E-state index in [0.717, 1.165) is 11.3 Å². The summed E-state index contributed by atoms with van der Waals surface area (Å²) in [6.07, 6.45) is 1.75. The monoisotopic (exact) mass is 249 g/mol. The van der Waals surface area contributed by atoms with Gasteiger partial charge in [-0.15, -0.1) is 6.58 Å². The lowest BCUT2D eigenvalue weighted by atomic mass is 10.1. The number of nitrogens with zero attached hydrogens (tertiary/aromatic N) is 1. The van der Waals surface area contributed by atoms with Crippen molar-refractivity contribution in [2.24, 2.45) is 0 Å². The van der Waals surface area contributed by atoms with Crippen LogP contribution in [0.2, 0.25) is 0 Å². The lowest BCUT2D eigenvalue weighted by Crippen LogP contribution is -2.31. The molecular formula is C14H19NO3. The lowest BCUT2D eigenvalue weighted by molar-refractivity contribution is -0.146. The van der Waals surface area contributed by atoms with E-state index in [0.29, 0.717) is 6.54 Å². The predicted molar refractivity (Wildman–Crippen MR) is 70.6 cm³/mol. The smallest absolute Gasteiger partial charge is 0.327 e. The van der Waals surface area contributed by atoms with Gasteiger partial charge in [0.05, 0.1) is 14.2 Å². The molecule has 0 fully saturated rings. The summed E-state index contributed by atoms with van der Waals surface area (Å²) >= 11 is 0. The Bertz CT molecular complexity index is 400. The molecule has 0 saturated heterocycles. The van der Waals surface area contributed by atoms with Crippen LogP contribution in [0.15, 0.2) is 36.9 Å². The zero-order valence-electron chi connectivity index (χ0n) is 11.1. The normalized spacial score (nSPS) is 12.0. The Morgan fingerprint density at radius 2 is 2.00 bits per heavy atom. The summed E-state index contributed by atoms with van der Waals surface area (Å²) in [7, 11) is 4.85. The van der Waals surface area contributed by atoms with E-state index < -0.39 is 6.04 Å². The highest BCUT2D eigenvalue weighted by atomic mass is 16.5. The third kappa shape index (κ3) is 3.34. The predicted octanol–water partition coefficient (Wildman–Crippen LogP) is 2.03. The average Bonchev–Trinajstić information content (AvgIpc) is 2.40. The van der Waals surface area contributed by atoms with Gasteiger partial charge in [-0.25, -0.2) is 4.79 Å². The number of hydrogen-bond acceptors (Lipinski definition) is 4. The van der Waals surface area contributed by atoms with Gasteiger partial charge in [-0.05, 0) is 24.7 Å². The first-order valence-corrected chi connectivity index (χ1v) is 5.67. The fourth-order valence-electron chi connectivity index (χ4n) is 1.78. The maximum atomic E-state index is 11.9. The molecule has 0 radical (unpaired) electrons. The molecule has 0 unspecified atom stereocenters. The molecule has 4 heteroatoms. The fraction of sp³-hybridized carbons (Fsp3) is 0.357. The van der Waals surface area contributed by atoms with Crippen LogP contribution in [0.3, 0.4) is 0 Å². The minimum Gasteiger partial charge on any atom is -0.497 e. The topological polar surface area (TPSA) is 38.8 Å². The van der Waals surface area contributed by atoms with Gasteiger partial charge < -0.3 is 9.47 Å². The SMILES string of the molecule is C=CCN(C)[C@@H](C(=O)OC)c1ccc(OC)cc1. The third-order valence-electron chi connectivity index (χ3n) is 2.71. The van der Waals surface area contributed by atoms with Crippen LogP contribution in [0.25, 0.3) is 0 Å². The van der Waals surface area contributed by atoms with Crippen LogP contribution in [0.4, 0.5) is 0 Å². The zero-order chi connectivity index (χ0) is 13.5. The molecule has 0 aliphatic rings. The van der Waals surface area contributed by atoms with Crippen molar-refractivity contribution in [3.8, 4) is 5.75 Å². The molecule has 0 aliphatic heterocycles. The second-order valence-corrected chi connectivity index (χ2v) is 3.93. The van der Waals surface area contributed by atoms with E-state index in [1.165, 1.54) is 7.11 Å². The number of likely N-dealkylation sites (N-methyl/N-ethyl adjacent to an activating group) is 1. The summed E-state index contributed by atoms with van der Waals surface area (Å²) in [5, 5.41) is 0. The van der Waals surface area contributed by atoms with Gasteiger partial charge in [-0.1, -0.05) is 18.2 Å². The van der Waals surface area contributed by atoms with Crippen molar-refractivity contribution >= 4 is 5.97 Å². The largest absolute Gasteiger partial charge is 0.497 e. The Labute approximate surface area is 108 Å². The van der Waals surface area contributed by atoms with Crippen molar-refractivity contribution in [3.05, 3.63) is 42.5 Å². The molecule has 0 N–H and O–H groups in total. The number of carbonyl (C=O) groups is 1. The van der Waals surface area contributed by atoms with E-state index in [1.54, 1.807) is 13.2 Å². The van der Waals surface area contributed by atoms with E-state index in [2.05, 4.69) is 6.58 Å². The maximum Gasteiger partial charge on any atom is 0.327 e. The van der Waals surface area contributed by atoms with E-state index >= 15 is 0 Å². The van der Waals surface area contributed by atoms with Crippen LogP contribution in [0, 0.1) is 0 Å². The Morgan fingerprint density at radius 1 is 1.39 bits per heavy atom. The number of methoxy groups -OCH3 is 2. The van der Waals surface area contributed by atoms with Crippen LogP contribution in [0.1, 0.15) is 11.6 Å². The number of hydrogen-bond donors (Lipinski definition) is 0. The van der Waals surface area contributed by atoms with Gasteiger partial charge in [0.2, 0.25) is 0 Å². The van der Waals surface area contributed by atoms with Gasteiger partial charge in [-0.3, -0.25) is 4.90 Å². The number of carbonyl (C=O) groups excluding carboxylic acids is 1. The van der Waals surface area contributed by atoms with Crippen LogP contribution in [-0.2, 0) is 9.53 Å². The highest BCUT2D eigenvalue weighted by Crippen LogP contribution is 2.23. The molecule has 1 rings (SSSR count). The van der Waals surface area contributed by atoms with Crippen LogP contribution in [-0.4, -0.2) is 38.7 Å². The fourth-order valence-corrected chi connectivity index (χ4v) is 1.78. The van der Waals surface area contributed by atoms with E-state index in [-0.39, 0.29) is 5.97 Å². The van der Waals surface area contributed by atoms with Gasteiger partial charge in [-0.2, -0.15) is 0 Å². The lowest BCUT2D eigenvalue weighted by Gasteiger charge is -2.25. The quantitative estimate of drug-likeness (QED) is 0.571. The third-order valence-corrected chi connectivity index (χ3v) is 2.71. The average molecular weight is 249 g/mol. The van der Waals surface area contributed by atoms with Crippen molar-refractivity contribution in [2.75, 3.05) is 27.8 Å². The molecule has 1 atom stereocenters. The molecule has 0 heterocycles. The Hall–Kier alpha value is -1.81. The van der Waals surface area contributed by atoms with Crippen molar-refractivity contribution in [3.63, 3.8) is 0 Å². The van der Waals surface area contributed by atoms with Crippen LogP contribution < -0.4 is 4.74 Å². The summed E-state index contributed by atoms with van der Waals surface area (Å²) in [6, 6.07) is 6.94. The zero-order valence-corrected chi connectivity index (χ0v) is 11.1. The molecule has 0 aromatic heterocycles. The van der Waals surface area contributed by atoms with E-state index in [9.17, 15) is 4.79 Å². The number of rotatable bonds is 6. The maximum absolute atomic E-state index is 11.9. The van der Waals surface area contributed by atoms with Gasteiger partial charge in [0.25, 0.3) is 0 Å². The highest BCUT2D eigenvalue weighted by Gasteiger charge is 2.25. The number of esters is 1. The number of ether oxygens (including phenoxy) is 2. The second kappa shape index (κ2) is 6.81. The minimum absolute atomic E-state index is 0.287. The second-order valence-electron chi connectivity index (χ2n) is 3.93. The van der Waals surface area contributed by atoms with Gasteiger partial charge >= 0.3 is 5.97 Å². The van der Waals surface area contributed by atoms with E-state index in [4.69, 9.17) is 9.47 Å². The van der Waals surface area contributed by atoms with Crippen molar-refractivity contribution in [1.29, 1.82) is 0 Å². The molecule has 0 aliphatic carbocycles. The molecule has 1 aromatic carbocycles. The summed E-state index contributed by atoms with van der Waals surface area (Å²) in [5.41, 5.74) is 0.868. The molecule has 0 saturated carbocycles. The van der Waals surface area contributed by atoms with Gasteiger partial charge in [0.15, 0.2) is 0 Å². The van der Waals surface area contributed by atoms with Crippen LogP contribution in [0.5, 0.6) is 5.75 Å². The van der Waals surface area contributed by atoms with Gasteiger partial charge in [0.1, 0.15) is 11.8 Å². The molecule has 0 amide bonds. The van der Waals surface area contributed by atoms with Crippen LogP contribution >= 0.6 is 0 Å². The minimum atomic E-state index is -0.432.